The number of nitrogens with zero attached hydrogens (tertiary/aromatic N) is 3. The van der Waals surface area contributed by atoms with Gasteiger partial charge in [0.1, 0.15) is 5.82 Å². The number of carbonyl (C=O) groups excluding carboxylic acids is 1. The third-order valence-electron chi connectivity index (χ3n) is 5.97. The van der Waals surface area contributed by atoms with Gasteiger partial charge in [0, 0.05) is 19.0 Å². The van der Waals surface area contributed by atoms with Crippen LogP contribution in [0.4, 0.5) is 5.69 Å². The van der Waals surface area contributed by atoms with Crippen molar-refractivity contribution in [1.82, 2.24) is 19.5 Å². The van der Waals surface area contributed by atoms with Crippen LogP contribution >= 0.6 is 23.4 Å². The molecule has 2 fully saturated rings. The first-order valence-corrected chi connectivity index (χ1v) is 13.9. The fourth-order valence-corrected chi connectivity index (χ4v) is 6.53. The minimum absolute atomic E-state index is 0.0986. The second-order valence-corrected chi connectivity index (χ2v) is 11.6. The van der Waals surface area contributed by atoms with Gasteiger partial charge in [-0.3, -0.25) is 9.89 Å². The van der Waals surface area contributed by atoms with E-state index in [-0.39, 0.29) is 22.2 Å². The third kappa shape index (κ3) is 5.65. The normalized spacial score (nSPS) is 18.5. The highest BCUT2D eigenvalue weighted by Crippen LogP contribution is 2.33. The molecule has 32 heavy (non-hydrogen) atoms. The van der Waals surface area contributed by atoms with E-state index in [1.54, 1.807) is 0 Å². The number of hydrogen-bond acceptors (Lipinski definition) is 6. The Kier molecular flexibility index (Phi) is 7.75. The average Bonchev–Trinajstić information content (AvgIpc) is 3.40. The molecule has 174 valence electrons. The molecule has 2 heterocycles. The van der Waals surface area contributed by atoms with Crippen molar-refractivity contribution in [1.29, 1.82) is 0 Å². The van der Waals surface area contributed by atoms with Gasteiger partial charge >= 0.3 is 0 Å². The number of aromatic nitrogens is 3. The summed E-state index contributed by atoms with van der Waals surface area (Å²) in [6.07, 6.45) is 8.46. The molecule has 1 saturated heterocycles. The predicted molar refractivity (Wildman–Crippen MR) is 126 cm³/mol. The molecule has 2 N–H and O–H groups in total. The van der Waals surface area contributed by atoms with Crippen molar-refractivity contribution in [2.45, 2.75) is 67.3 Å². The highest BCUT2D eigenvalue weighted by molar-refractivity contribution is 7.99. The summed E-state index contributed by atoms with van der Waals surface area (Å²) in [4.78, 5) is 17.1. The minimum atomic E-state index is -3.63. The second kappa shape index (κ2) is 10.5. The summed E-state index contributed by atoms with van der Waals surface area (Å²) in [6, 6.07) is 4.44. The second-order valence-electron chi connectivity index (χ2n) is 8.28. The van der Waals surface area contributed by atoms with Crippen LogP contribution in [0.15, 0.2) is 28.3 Å². The average molecular weight is 498 g/mol. The summed E-state index contributed by atoms with van der Waals surface area (Å²) in [6.45, 7) is 1.03. The monoisotopic (exact) mass is 497 g/mol. The fraction of sp³-hybridized carbons (Fsp3) is 0.571. The number of carbonyl (C=O) groups is 1. The Labute approximate surface area is 197 Å². The molecule has 1 aliphatic heterocycles. The Balaban J connectivity index is 1.38. The Hall–Kier alpha value is -1.62. The lowest BCUT2D eigenvalue weighted by Gasteiger charge is -2.20. The number of hydrogen-bond donors (Lipinski definition) is 2. The molecule has 11 heteroatoms. The molecule has 0 spiro atoms. The summed E-state index contributed by atoms with van der Waals surface area (Å²) in [7, 11) is -3.63. The van der Waals surface area contributed by atoms with Gasteiger partial charge in [0.2, 0.25) is 21.1 Å². The maximum Gasteiger partial charge on any atom is 0.243 e. The van der Waals surface area contributed by atoms with Crippen LogP contribution in [-0.4, -0.2) is 52.7 Å². The van der Waals surface area contributed by atoms with Gasteiger partial charge in [-0.15, -0.1) is 5.10 Å². The number of anilines is 1. The van der Waals surface area contributed by atoms with Gasteiger partial charge in [0.25, 0.3) is 0 Å². The van der Waals surface area contributed by atoms with Gasteiger partial charge in [0.05, 0.1) is 21.4 Å². The predicted octanol–water partition coefficient (Wildman–Crippen LogP) is 4.41. The molecule has 1 aliphatic carbocycles. The van der Waals surface area contributed by atoms with Crippen LogP contribution in [0.1, 0.15) is 63.1 Å². The van der Waals surface area contributed by atoms with Gasteiger partial charge in [-0.05, 0) is 43.9 Å². The lowest BCUT2D eigenvalue weighted by molar-refractivity contribution is -0.113. The zero-order chi connectivity index (χ0) is 22.6. The van der Waals surface area contributed by atoms with E-state index < -0.39 is 10.0 Å². The minimum Gasteiger partial charge on any atom is -0.324 e. The molecular weight excluding hydrogens is 470 g/mol. The van der Waals surface area contributed by atoms with Crippen LogP contribution in [-0.2, 0) is 14.8 Å². The summed E-state index contributed by atoms with van der Waals surface area (Å²) >= 11 is 7.47. The quantitative estimate of drug-likeness (QED) is 0.548. The highest BCUT2D eigenvalue weighted by Gasteiger charge is 2.26. The Morgan fingerprint density at radius 1 is 1.16 bits per heavy atom. The lowest BCUT2D eigenvalue weighted by Crippen LogP contribution is -2.32. The number of H-pyrrole nitrogens is 1. The van der Waals surface area contributed by atoms with Crippen LogP contribution < -0.4 is 5.32 Å². The number of sulfonamides is 1. The SMILES string of the molecule is O=C(CSc1n[nH]c(C2CCCC2)n1)Nc1cc(S(=O)(=O)N2CCCCCC2)ccc1Cl. The molecule has 0 bridgehead atoms. The molecule has 1 amide bonds. The summed E-state index contributed by atoms with van der Waals surface area (Å²) in [5, 5.41) is 10.7. The van der Waals surface area contributed by atoms with Crippen LogP contribution in [0.3, 0.4) is 0 Å². The molecule has 4 rings (SSSR count). The number of halogens is 1. The number of aromatic amines is 1. The third-order valence-corrected chi connectivity index (χ3v) is 9.04. The van der Waals surface area contributed by atoms with Crippen molar-refractivity contribution >= 4 is 45.0 Å². The molecule has 2 aromatic rings. The van der Waals surface area contributed by atoms with E-state index in [1.165, 1.54) is 47.1 Å². The zero-order valence-corrected chi connectivity index (χ0v) is 20.2. The van der Waals surface area contributed by atoms with Gasteiger partial charge < -0.3 is 5.32 Å². The highest BCUT2D eigenvalue weighted by atomic mass is 35.5. The van der Waals surface area contributed by atoms with Crippen molar-refractivity contribution in [3.63, 3.8) is 0 Å². The first-order valence-electron chi connectivity index (χ1n) is 11.1. The molecular formula is C21H28ClN5O3S2. The molecule has 0 unspecified atom stereocenters. The molecule has 1 aromatic carbocycles. The first kappa shape index (κ1) is 23.5. The molecule has 0 atom stereocenters. The topological polar surface area (TPSA) is 108 Å². The van der Waals surface area contributed by atoms with E-state index in [0.717, 1.165) is 44.3 Å². The van der Waals surface area contributed by atoms with Crippen molar-refractivity contribution in [3.8, 4) is 0 Å². The van der Waals surface area contributed by atoms with E-state index in [9.17, 15) is 13.2 Å². The van der Waals surface area contributed by atoms with Gasteiger partial charge in [0.15, 0.2) is 0 Å². The van der Waals surface area contributed by atoms with Crippen LogP contribution in [0.2, 0.25) is 5.02 Å². The Bertz CT molecular complexity index is 1050. The van der Waals surface area contributed by atoms with Crippen molar-refractivity contribution < 1.29 is 13.2 Å². The standard InChI is InChI=1S/C21H28ClN5O3S2/c22-17-10-9-16(32(29,30)27-11-5-1-2-6-12-27)13-18(17)23-19(28)14-31-21-24-20(25-26-21)15-7-3-4-8-15/h9-10,13,15H,1-8,11-12,14H2,(H,23,28)(H,24,25,26). The van der Waals surface area contributed by atoms with Crippen LogP contribution in [0.5, 0.6) is 0 Å². The maximum atomic E-state index is 13.1. The zero-order valence-electron chi connectivity index (χ0n) is 17.8. The fourth-order valence-electron chi connectivity index (χ4n) is 4.21. The number of thioether (sulfide) groups is 1. The number of amides is 1. The van der Waals surface area contributed by atoms with E-state index in [0.29, 0.717) is 29.2 Å². The summed E-state index contributed by atoms with van der Waals surface area (Å²) < 4.78 is 27.6. The molecule has 1 saturated carbocycles. The smallest absolute Gasteiger partial charge is 0.243 e. The van der Waals surface area contributed by atoms with Crippen LogP contribution in [0.25, 0.3) is 0 Å². The molecule has 2 aliphatic rings. The molecule has 8 nitrogen and oxygen atoms in total. The lowest BCUT2D eigenvalue weighted by atomic mass is 10.1. The Morgan fingerprint density at radius 2 is 1.88 bits per heavy atom. The molecule has 0 radical (unpaired) electrons. The number of rotatable bonds is 7. The van der Waals surface area contributed by atoms with Crippen molar-refractivity contribution in [2.75, 3.05) is 24.2 Å². The van der Waals surface area contributed by atoms with Crippen LogP contribution in [0, 0.1) is 0 Å². The van der Waals surface area contributed by atoms with Gasteiger partial charge in [-0.1, -0.05) is 49.0 Å². The van der Waals surface area contributed by atoms with Gasteiger partial charge in [-0.25, -0.2) is 13.4 Å². The van der Waals surface area contributed by atoms with Gasteiger partial charge in [-0.2, -0.15) is 4.31 Å². The van der Waals surface area contributed by atoms with Crippen molar-refractivity contribution in [2.24, 2.45) is 0 Å². The van der Waals surface area contributed by atoms with E-state index in [4.69, 9.17) is 11.6 Å². The van der Waals surface area contributed by atoms with E-state index in [2.05, 4.69) is 20.5 Å². The first-order chi connectivity index (χ1) is 15.4. The van der Waals surface area contributed by atoms with Crippen molar-refractivity contribution in [3.05, 3.63) is 29.0 Å². The number of nitrogens with one attached hydrogen (secondary N) is 2. The molecule has 1 aromatic heterocycles. The Morgan fingerprint density at radius 3 is 2.59 bits per heavy atom. The van der Waals surface area contributed by atoms with E-state index in [1.807, 2.05) is 0 Å². The number of benzene rings is 1. The van der Waals surface area contributed by atoms with E-state index >= 15 is 0 Å². The summed E-state index contributed by atoms with van der Waals surface area (Å²) in [5.41, 5.74) is 0.287. The maximum absolute atomic E-state index is 13.1. The largest absolute Gasteiger partial charge is 0.324 e. The summed E-state index contributed by atoms with van der Waals surface area (Å²) in [5.74, 6) is 1.12.